The molecule has 2 heterocycles. The summed E-state index contributed by atoms with van der Waals surface area (Å²) >= 11 is 0. The van der Waals surface area contributed by atoms with E-state index in [0.717, 1.165) is 11.1 Å². The molecule has 0 N–H and O–H groups in total. The highest BCUT2D eigenvalue weighted by molar-refractivity contribution is 6.00. The summed E-state index contributed by atoms with van der Waals surface area (Å²) in [5, 5.41) is 0. The van der Waals surface area contributed by atoms with Crippen molar-refractivity contribution in [3.8, 4) is 0 Å². The Hall–Kier alpha value is -2.24. The highest BCUT2D eigenvalue weighted by Gasteiger charge is 2.65. The first-order chi connectivity index (χ1) is 11.0. The first kappa shape index (κ1) is 13.2. The number of hydrogen-bond acceptors (Lipinski definition) is 6. The van der Waals surface area contributed by atoms with Crippen LogP contribution in [0.3, 0.4) is 0 Å². The number of allylic oxidation sites excluding steroid dienone is 4. The summed E-state index contributed by atoms with van der Waals surface area (Å²) in [6.07, 6.45) is 4.37. The van der Waals surface area contributed by atoms with Gasteiger partial charge in [0.05, 0.1) is 23.7 Å². The van der Waals surface area contributed by atoms with Crippen molar-refractivity contribution in [2.45, 2.75) is 13.3 Å². The lowest BCUT2D eigenvalue weighted by molar-refractivity contribution is -0.156. The number of carbonyl (C=O) groups is 4. The number of hydrogen-bond donors (Lipinski definition) is 0. The van der Waals surface area contributed by atoms with Crippen molar-refractivity contribution in [1.29, 1.82) is 0 Å². The van der Waals surface area contributed by atoms with Gasteiger partial charge in [0.25, 0.3) is 0 Å². The Morgan fingerprint density at radius 3 is 2.26 bits per heavy atom. The van der Waals surface area contributed by atoms with E-state index in [9.17, 15) is 19.2 Å². The molecular weight excluding hydrogens is 300 g/mol. The maximum absolute atomic E-state index is 12.2. The van der Waals surface area contributed by atoms with Gasteiger partial charge >= 0.3 is 23.9 Å². The highest BCUT2D eigenvalue weighted by Crippen LogP contribution is 2.61. The second kappa shape index (κ2) is 3.99. The lowest BCUT2D eigenvalue weighted by Crippen LogP contribution is -2.51. The van der Waals surface area contributed by atoms with Gasteiger partial charge in [0, 0.05) is 11.8 Å². The van der Waals surface area contributed by atoms with E-state index < -0.39 is 47.5 Å². The molecule has 4 aliphatic carbocycles. The SMILES string of the molecule is CC1=C2C3C=CC(C4C(=O)OC(=O)C34)C2C2C(=O)OC(=O)C2C1. The summed E-state index contributed by atoms with van der Waals surface area (Å²) < 4.78 is 9.73. The summed E-state index contributed by atoms with van der Waals surface area (Å²) in [6.45, 7) is 1.94. The van der Waals surface area contributed by atoms with Crippen molar-refractivity contribution in [3.05, 3.63) is 23.3 Å². The Kier molecular flexibility index (Phi) is 2.29. The largest absolute Gasteiger partial charge is 0.393 e. The summed E-state index contributed by atoms with van der Waals surface area (Å²) in [5.41, 5.74) is 2.08. The molecule has 6 heteroatoms. The van der Waals surface area contributed by atoms with Gasteiger partial charge in [-0.3, -0.25) is 19.2 Å². The van der Waals surface area contributed by atoms with Gasteiger partial charge in [-0.25, -0.2) is 0 Å². The number of ether oxygens (including phenoxy) is 2. The summed E-state index contributed by atoms with van der Waals surface area (Å²) in [5.74, 6) is -4.68. The number of cyclic esters (lactones) is 4. The van der Waals surface area contributed by atoms with E-state index in [1.807, 2.05) is 19.1 Å². The monoisotopic (exact) mass is 314 g/mol. The van der Waals surface area contributed by atoms with Crippen LogP contribution < -0.4 is 0 Å². The van der Waals surface area contributed by atoms with Crippen molar-refractivity contribution < 1.29 is 28.7 Å². The second-order valence-electron chi connectivity index (χ2n) is 7.12. The van der Waals surface area contributed by atoms with Gasteiger partial charge in [-0.1, -0.05) is 23.3 Å². The molecule has 2 bridgehead atoms. The zero-order valence-electron chi connectivity index (χ0n) is 12.4. The Balaban J connectivity index is 1.70. The molecule has 2 aliphatic heterocycles. The van der Waals surface area contributed by atoms with E-state index in [1.165, 1.54) is 0 Å². The molecule has 0 aromatic rings. The minimum atomic E-state index is -0.540. The average molecular weight is 314 g/mol. The standard InChI is InChI=1S/C17H14O6/c1-5-4-8-13(17(21)22-14(8)18)10-7-3-2-6(9(5)10)11-12(7)16(20)23-15(11)19/h2-3,6-8,10-13H,4H2,1H3. The molecule has 2 saturated heterocycles. The molecule has 7 atom stereocenters. The fourth-order valence-corrected chi connectivity index (χ4v) is 5.46. The summed E-state index contributed by atoms with van der Waals surface area (Å²) in [6, 6.07) is 0. The lowest BCUT2D eigenvalue weighted by atomic mass is 9.50. The van der Waals surface area contributed by atoms with Gasteiger partial charge in [-0.15, -0.1) is 0 Å². The smallest absolute Gasteiger partial charge is 0.318 e. The van der Waals surface area contributed by atoms with Crippen LogP contribution in [0.4, 0.5) is 0 Å². The van der Waals surface area contributed by atoms with Gasteiger partial charge in [-0.05, 0) is 19.3 Å². The van der Waals surface area contributed by atoms with Gasteiger partial charge in [0.1, 0.15) is 0 Å². The van der Waals surface area contributed by atoms with Crippen LogP contribution in [-0.4, -0.2) is 23.9 Å². The molecule has 0 radical (unpaired) electrons. The number of carbonyl (C=O) groups excluding carboxylic acids is 4. The normalized spacial score (nSPS) is 46.6. The molecule has 0 aromatic heterocycles. The van der Waals surface area contributed by atoms with Crippen molar-refractivity contribution in [2.75, 3.05) is 0 Å². The van der Waals surface area contributed by atoms with Gasteiger partial charge in [-0.2, -0.15) is 0 Å². The van der Waals surface area contributed by atoms with E-state index in [-0.39, 0.29) is 17.8 Å². The maximum Gasteiger partial charge on any atom is 0.318 e. The van der Waals surface area contributed by atoms with E-state index in [1.54, 1.807) is 0 Å². The number of rotatable bonds is 0. The minimum Gasteiger partial charge on any atom is -0.393 e. The Morgan fingerprint density at radius 1 is 0.826 bits per heavy atom. The third-order valence-corrected chi connectivity index (χ3v) is 6.22. The molecular formula is C17H14O6. The van der Waals surface area contributed by atoms with Gasteiger partial charge in [0.2, 0.25) is 0 Å². The molecule has 1 saturated carbocycles. The Labute approximate surface area is 131 Å². The van der Waals surface area contributed by atoms with Crippen LogP contribution in [0.25, 0.3) is 0 Å². The Bertz CT molecular complexity index is 759. The fraction of sp³-hybridized carbons (Fsp3) is 0.529. The van der Waals surface area contributed by atoms with Crippen molar-refractivity contribution >= 4 is 23.9 Å². The van der Waals surface area contributed by atoms with E-state index in [4.69, 9.17) is 9.47 Å². The van der Waals surface area contributed by atoms with E-state index in [0.29, 0.717) is 6.42 Å². The third-order valence-electron chi connectivity index (χ3n) is 6.22. The molecule has 6 nitrogen and oxygen atoms in total. The Morgan fingerprint density at radius 2 is 1.48 bits per heavy atom. The van der Waals surface area contributed by atoms with Gasteiger partial charge < -0.3 is 9.47 Å². The predicted molar refractivity (Wildman–Crippen MR) is 73.1 cm³/mol. The number of fused-ring (bicyclic) bond motifs is 1. The van der Waals surface area contributed by atoms with Crippen LogP contribution in [0.1, 0.15) is 13.3 Å². The van der Waals surface area contributed by atoms with Crippen LogP contribution in [0.5, 0.6) is 0 Å². The second-order valence-corrected chi connectivity index (χ2v) is 7.12. The van der Waals surface area contributed by atoms with E-state index >= 15 is 0 Å². The molecule has 7 unspecified atom stereocenters. The van der Waals surface area contributed by atoms with E-state index in [2.05, 4.69) is 0 Å². The molecule has 6 aliphatic rings. The average Bonchev–Trinajstić information content (AvgIpc) is 2.98. The van der Waals surface area contributed by atoms with Crippen molar-refractivity contribution in [2.24, 2.45) is 41.4 Å². The topological polar surface area (TPSA) is 86.7 Å². The molecule has 23 heavy (non-hydrogen) atoms. The van der Waals surface area contributed by atoms with Crippen LogP contribution in [0, 0.1) is 41.4 Å². The lowest BCUT2D eigenvalue weighted by Gasteiger charge is -2.50. The van der Waals surface area contributed by atoms with Crippen LogP contribution in [0.15, 0.2) is 23.3 Å². The van der Waals surface area contributed by atoms with Crippen molar-refractivity contribution in [1.82, 2.24) is 0 Å². The molecule has 6 rings (SSSR count). The molecule has 0 aromatic carbocycles. The maximum atomic E-state index is 12.2. The predicted octanol–water partition coefficient (Wildman–Crippen LogP) is 0.770. The van der Waals surface area contributed by atoms with Gasteiger partial charge in [0.15, 0.2) is 0 Å². The molecule has 0 spiro atoms. The number of esters is 4. The fourth-order valence-electron chi connectivity index (χ4n) is 5.46. The zero-order chi connectivity index (χ0) is 16.0. The zero-order valence-corrected chi connectivity index (χ0v) is 12.4. The summed E-state index contributed by atoms with van der Waals surface area (Å²) in [7, 11) is 0. The molecule has 118 valence electrons. The quantitative estimate of drug-likeness (QED) is 0.373. The first-order valence-electron chi connectivity index (χ1n) is 7.88. The minimum absolute atomic E-state index is 0.210. The van der Waals surface area contributed by atoms with Crippen LogP contribution in [0.2, 0.25) is 0 Å². The highest BCUT2D eigenvalue weighted by atomic mass is 16.6. The molecule has 0 amide bonds. The van der Waals surface area contributed by atoms with Crippen LogP contribution in [-0.2, 0) is 28.7 Å². The first-order valence-corrected chi connectivity index (χ1v) is 7.88. The summed E-state index contributed by atoms with van der Waals surface area (Å²) in [4.78, 5) is 48.4. The van der Waals surface area contributed by atoms with Crippen molar-refractivity contribution in [3.63, 3.8) is 0 Å². The third kappa shape index (κ3) is 1.40. The van der Waals surface area contributed by atoms with Crippen LogP contribution >= 0.6 is 0 Å². The molecule has 3 fully saturated rings.